The van der Waals surface area contributed by atoms with Crippen LogP contribution in [0, 0.1) is 5.82 Å². The predicted octanol–water partition coefficient (Wildman–Crippen LogP) is 8.06. The first-order valence-electron chi connectivity index (χ1n) is 19.7. The molecule has 4 aliphatic heterocycles. The van der Waals surface area contributed by atoms with E-state index in [-0.39, 0.29) is 46.4 Å². The summed E-state index contributed by atoms with van der Waals surface area (Å²) in [7, 11) is 4.06. The number of amides is 1. The summed E-state index contributed by atoms with van der Waals surface area (Å²) in [6, 6.07) is 3.97. The number of phenolic OH excluding ortho intramolecular Hbond substituents is 1. The molecule has 1 N–H and O–H groups in total. The van der Waals surface area contributed by atoms with Crippen LogP contribution in [0.25, 0.3) is 22.2 Å². The van der Waals surface area contributed by atoms with Crippen molar-refractivity contribution >= 4 is 34.2 Å². The van der Waals surface area contributed by atoms with Gasteiger partial charge in [0.15, 0.2) is 5.82 Å². The van der Waals surface area contributed by atoms with Crippen LogP contribution < -0.4 is 9.64 Å². The number of benzene rings is 1. The average molecular weight is 752 g/mol. The standard InChI is InChI=1S/C32H36ClFN6O3.C5H11N.2C2H6/c1-3-25(42)39-13-8-20(17-39)38(2)30-23-16-35-28(22-14-21(41)15-24(33)26(22)19-6-7-19)27(34)29(23)36-31(37-30)43-18-32-9-4-11-40(32)12-5-10-32;1-5-3-4-6(5)2;2*1-2/h3,14-16,19-20,41H,1,4-13,17-18H2,2H3;5H,3-4H2,1-2H3;2*1-2H3. The Bertz CT molecular complexity index is 1740. The number of fused-ring (bicyclic) bond motifs is 2. The van der Waals surface area contributed by atoms with Gasteiger partial charge in [0.2, 0.25) is 5.91 Å². The zero-order valence-electron chi connectivity index (χ0n) is 32.8. The average Bonchev–Trinajstić information content (AvgIpc) is 3.54. The molecule has 1 aliphatic carbocycles. The number of nitrogens with zero attached hydrogens (tertiary/aromatic N) is 7. The highest BCUT2D eigenvalue weighted by atomic mass is 35.5. The second-order valence-corrected chi connectivity index (χ2v) is 15.0. The molecule has 6 heterocycles. The Morgan fingerprint density at radius 2 is 1.77 bits per heavy atom. The highest BCUT2D eigenvalue weighted by Crippen LogP contribution is 2.49. The fraction of sp³-hybridized carbons (Fsp3) is 0.610. The van der Waals surface area contributed by atoms with Crippen LogP contribution in [-0.4, -0.2) is 112 Å². The molecule has 1 amide bonds. The molecule has 2 unspecified atom stereocenters. The lowest BCUT2D eigenvalue weighted by atomic mass is 9.95. The minimum atomic E-state index is -0.612. The maximum Gasteiger partial charge on any atom is 0.319 e. The largest absolute Gasteiger partial charge is 0.508 e. The first kappa shape index (κ1) is 40.6. The smallest absolute Gasteiger partial charge is 0.319 e. The topological polar surface area (TPSA) is 98.2 Å². The Hall–Kier alpha value is -3.54. The molecule has 10 nitrogen and oxygen atoms in total. The lowest BCUT2D eigenvalue weighted by molar-refractivity contribution is -0.125. The van der Waals surface area contributed by atoms with Gasteiger partial charge in [0.05, 0.1) is 10.9 Å². The van der Waals surface area contributed by atoms with E-state index in [2.05, 4.69) is 40.3 Å². The molecule has 12 heteroatoms. The maximum atomic E-state index is 16.6. The molecule has 2 atom stereocenters. The van der Waals surface area contributed by atoms with E-state index in [0.29, 0.717) is 41.5 Å². The molecule has 0 radical (unpaired) electrons. The summed E-state index contributed by atoms with van der Waals surface area (Å²) in [5, 5.41) is 11.2. The maximum absolute atomic E-state index is 16.6. The van der Waals surface area contributed by atoms with Crippen molar-refractivity contribution in [1.82, 2.24) is 29.7 Å². The molecule has 5 fully saturated rings. The summed E-state index contributed by atoms with van der Waals surface area (Å²) in [4.78, 5) is 34.9. The van der Waals surface area contributed by atoms with Crippen LogP contribution in [0.4, 0.5) is 10.2 Å². The van der Waals surface area contributed by atoms with Crippen LogP contribution >= 0.6 is 11.6 Å². The number of rotatable bonds is 8. The molecule has 290 valence electrons. The van der Waals surface area contributed by atoms with Gasteiger partial charge < -0.3 is 24.5 Å². The van der Waals surface area contributed by atoms with Crippen molar-refractivity contribution in [3.8, 4) is 23.0 Å². The molecular formula is C41H59ClFN7O3. The lowest BCUT2D eigenvalue weighted by Gasteiger charge is -2.34. The number of aromatic nitrogens is 3. The first-order valence-corrected chi connectivity index (χ1v) is 20.1. The van der Waals surface area contributed by atoms with E-state index in [4.69, 9.17) is 21.3 Å². The van der Waals surface area contributed by atoms with Crippen molar-refractivity contribution in [2.45, 2.75) is 110 Å². The molecule has 5 aliphatic rings. The van der Waals surface area contributed by atoms with E-state index >= 15 is 4.39 Å². The minimum absolute atomic E-state index is 0.0270. The van der Waals surface area contributed by atoms with E-state index < -0.39 is 5.82 Å². The predicted molar refractivity (Wildman–Crippen MR) is 213 cm³/mol. The quantitative estimate of drug-likeness (QED) is 0.229. The highest BCUT2D eigenvalue weighted by molar-refractivity contribution is 6.32. The number of hydrogen-bond donors (Lipinski definition) is 1. The van der Waals surface area contributed by atoms with Gasteiger partial charge in [0, 0.05) is 49.0 Å². The monoisotopic (exact) mass is 751 g/mol. The summed E-state index contributed by atoms with van der Waals surface area (Å²) in [6.07, 6.45) is 11.4. The van der Waals surface area contributed by atoms with E-state index in [9.17, 15) is 9.90 Å². The van der Waals surface area contributed by atoms with Crippen LogP contribution in [0.1, 0.15) is 97.5 Å². The SMILES string of the molecule is C=CC(=O)N1CCC(N(C)c2nc(OCC34CCCN3CCC4)nc3c(F)c(-c4cc(O)cc(Cl)c4C4CC4)ncc23)C1.CC.CC.CC1CCN1C. The minimum Gasteiger partial charge on any atom is -0.508 e. The van der Waals surface area contributed by atoms with Crippen molar-refractivity contribution < 1.29 is 19.0 Å². The van der Waals surface area contributed by atoms with Crippen LogP contribution in [0.5, 0.6) is 11.8 Å². The number of ether oxygens (including phenoxy) is 1. The second kappa shape index (κ2) is 17.7. The number of carbonyl (C=O) groups is 1. The summed E-state index contributed by atoms with van der Waals surface area (Å²) in [5.41, 5.74) is 1.44. The van der Waals surface area contributed by atoms with Gasteiger partial charge in [-0.15, -0.1) is 0 Å². The number of hydrogen-bond acceptors (Lipinski definition) is 9. The summed E-state index contributed by atoms with van der Waals surface area (Å²) in [6.45, 7) is 18.9. The third-order valence-corrected chi connectivity index (χ3v) is 11.8. The number of likely N-dealkylation sites (N-methyl/N-ethyl adjacent to an activating group) is 1. The molecule has 53 heavy (non-hydrogen) atoms. The molecular weight excluding hydrogens is 693 g/mol. The first-order chi connectivity index (χ1) is 25.6. The Morgan fingerprint density at radius 3 is 2.36 bits per heavy atom. The fourth-order valence-corrected chi connectivity index (χ4v) is 8.36. The summed E-state index contributed by atoms with van der Waals surface area (Å²) < 4.78 is 23.0. The molecule has 2 aromatic heterocycles. The number of phenols is 1. The van der Waals surface area contributed by atoms with Crippen LogP contribution in [0.3, 0.4) is 0 Å². The van der Waals surface area contributed by atoms with E-state index in [0.717, 1.165) is 69.6 Å². The summed E-state index contributed by atoms with van der Waals surface area (Å²) in [5.74, 6) is -0.0685. The highest BCUT2D eigenvalue weighted by Gasteiger charge is 2.45. The third-order valence-electron chi connectivity index (χ3n) is 11.5. The number of anilines is 1. The second-order valence-electron chi connectivity index (χ2n) is 14.5. The van der Waals surface area contributed by atoms with Gasteiger partial charge in [0.25, 0.3) is 0 Å². The van der Waals surface area contributed by atoms with Gasteiger partial charge in [-0.3, -0.25) is 14.7 Å². The number of carbonyl (C=O) groups excluding carboxylic acids is 1. The van der Waals surface area contributed by atoms with Gasteiger partial charge in [0.1, 0.15) is 29.4 Å². The molecule has 0 bridgehead atoms. The normalized spacial score (nSPS) is 21.6. The van der Waals surface area contributed by atoms with Gasteiger partial charge in [-0.05, 0) is 115 Å². The Kier molecular flexibility index (Phi) is 13.6. The number of halogens is 2. The zero-order chi connectivity index (χ0) is 38.4. The molecule has 1 saturated carbocycles. The number of pyridine rings is 1. The van der Waals surface area contributed by atoms with Crippen molar-refractivity contribution in [3.63, 3.8) is 0 Å². The molecule has 4 saturated heterocycles. The zero-order valence-corrected chi connectivity index (χ0v) is 33.6. The lowest BCUT2D eigenvalue weighted by Crippen LogP contribution is -2.43. The van der Waals surface area contributed by atoms with Gasteiger partial charge in [-0.2, -0.15) is 9.97 Å². The molecule has 3 aromatic rings. The van der Waals surface area contributed by atoms with Gasteiger partial charge in [-0.25, -0.2) is 4.39 Å². The van der Waals surface area contributed by atoms with Crippen LogP contribution in [-0.2, 0) is 4.79 Å². The fourth-order valence-electron chi connectivity index (χ4n) is 7.99. The van der Waals surface area contributed by atoms with Gasteiger partial charge in [-0.1, -0.05) is 45.9 Å². The van der Waals surface area contributed by atoms with E-state index in [1.807, 2.05) is 39.6 Å². The summed E-state index contributed by atoms with van der Waals surface area (Å²) >= 11 is 6.55. The Balaban J connectivity index is 0.000000481. The third kappa shape index (κ3) is 8.57. The van der Waals surface area contributed by atoms with Crippen molar-refractivity contribution in [3.05, 3.63) is 47.4 Å². The van der Waals surface area contributed by atoms with Crippen LogP contribution in [0.15, 0.2) is 31.0 Å². The van der Waals surface area contributed by atoms with Crippen molar-refractivity contribution in [2.24, 2.45) is 0 Å². The molecule has 1 aromatic carbocycles. The van der Waals surface area contributed by atoms with Crippen molar-refractivity contribution in [2.75, 3.05) is 58.3 Å². The van der Waals surface area contributed by atoms with Gasteiger partial charge >= 0.3 is 6.01 Å². The molecule has 0 spiro atoms. The Morgan fingerprint density at radius 1 is 1.09 bits per heavy atom. The number of aromatic hydroxyl groups is 1. The van der Waals surface area contributed by atoms with E-state index in [1.165, 1.54) is 31.2 Å². The number of likely N-dealkylation sites (tertiary alicyclic amines) is 2. The van der Waals surface area contributed by atoms with E-state index in [1.54, 1.807) is 11.1 Å². The van der Waals surface area contributed by atoms with Crippen LogP contribution in [0.2, 0.25) is 5.02 Å². The van der Waals surface area contributed by atoms with Crippen molar-refractivity contribution in [1.29, 1.82) is 0 Å². The molecule has 8 rings (SSSR count). The Labute approximate surface area is 320 Å².